The summed E-state index contributed by atoms with van der Waals surface area (Å²) in [6.07, 6.45) is 5.14. The number of thioether (sulfide) groups is 1. The molecule has 4 aliphatic rings. The first-order chi connectivity index (χ1) is 47.1. The topological polar surface area (TPSA) is 548 Å². The van der Waals surface area contributed by atoms with Crippen LogP contribution in [0.15, 0.2) is 12.5 Å². The molecule has 552 valence electrons. The number of carbonyl (C=O) groups excluding carboxylic acids is 15. The van der Waals surface area contributed by atoms with Gasteiger partial charge in [-0.05, 0) is 62.9 Å². The molecular weight excluding hydrogens is 1400 g/mol. The molecule has 1 aromatic rings. The number of aliphatic hydroxyl groups is 3. The number of imidazole rings is 1. The summed E-state index contributed by atoms with van der Waals surface area (Å²) in [6, 6.07) is -21.3. The van der Waals surface area contributed by atoms with Crippen molar-refractivity contribution in [3.8, 4) is 0 Å². The van der Waals surface area contributed by atoms with Crippen molar-refractivity contribution in [2.75, 3.05) is 74.5 Å². The van der Waals surface area contributed by atoms with Crippen LogP contribution in [0.4, 0.5) is 0 Å². The Morgan fingerprint density at radius 3 is 1.60 bits per heavy atom. The molecule has 2 bridgehead atoms. The molecule has 1 aromatic heterocycles. The van der Waals surface area contributed by atoms with E-state index in [2.05, 4.69) is 73.8 Å². The summed E-state index contributed by atoms with van der Waals surface area (Å²) in [6.45, 7) is 3.96. The molecule has 36 nitrogen and oxygen atoms in total. The van der Waals surface area contributed by atoms with E-state index in [1.165, 1.54) is 36.1 Å². The maximum absolute atomic E-state index is 14.7. The van der Waals surface area contributed by atoms with Gasteiger partial charge in [-0.15, -0.1) is 0 Å². The fourth-order valence-electron chi connectivity index (χ4n) is 10.7. The average molecular weight is 1490 g/mol. The highest BCUT2D eigenvalue weighted by Crippen LogP contribution is 2.27. The van der Waals surface area contributed by atoms with Crippen LogP contribution in [-0.2, 0) is 78.3 Å². The molecule has 20 N–H and O–H groups in total. The number of rotatable bonds is 14. The molecule has 4 aliphatic heterocycles. The summed E-state index contributed by atoms with van der Waals surface area (Å²) in [7, 11) is 3.42. The minimum Gasteiger partial charge on any atom is -0.394 e. The van der Waals surface area contributed by atoms with Crippen molar-refractivity contribution in [3.63, 3.8) is 0 Å². The lowest BCUT2D eigenvalue weighted by atomic mass is 9.97. The number of aromatic nitrogens is 2. The summed E-state index contributed by atoms with van der Waals surface area (Å²) in [5.74, 6) is -16.9. The highest BCUT2D eigenvalue weighted by atomic mass is 33.1. The van der Waals surface area contributed by atoms with Gasteiger partial charge in [0, 0.05) is 54.4 Å². The number of nitrogens with zero attached hydrogens (tertiary/aromatic N) is 3. The van der Waals surface area contributed by atoms with E-state index in [-0.39, 0.29) is 68.9 Å². The third-order valence-corrected chi connectivity index (χ3v) is 22.1. The zero-order valence-corrected chi connectivity index (χ0v) is 59.7. The Morgan fingerprint density at radius 2 is 1.08 bits per heavy atom. The molecule has 4 saturated heterocycles. The highest BCUT2D eigenvalue weighted by molar-refractivity contribution is 8.77. The fraction of sp³-hybridized carbons (Fsp3) is 0.690. The van der Waals surface area contributed by atoms with Gasteiger partial charge in [-0.2, -0.15) is 11.8 Å². The summed E-state index contributed by atoms with van der Waals surface area (Å²) in [5.41, 5.74) is 11.8. The van der Waals surface area contributed by atoms with Crippen LogP contribution < -0.4 is 75.3 Å². The van der Waals surface area contributed by atoms with E-state index in [1.807, 2.05) is 0 Å². The second-order valence-electron chi connectivity index (χ2n) is 24.2. The quantitative estimate of drug-likeness (QED) is 0.0770. The monoisotopic (exact) mass is 1490 g/mol. The van der Waals surface area contributed by atoms with Gasteiger partial charge in [-0.1, -0.05) is 77.3 Å². The van der Waals surface area contributed by atoms with Gasteiger partial charge >= 0.3 is 0 Å². The molecule has 99 heavy (non-hydrogen) atoms. The summed E-state index contributed by atoms with van der Waals surface area (Å²) in [5, 5.41) is 62.1. The minimum atomic E-state index is -1.84. The number of primary amides is 1. The van der Waals surface area contributed by atoms with Crippen molar-refractivity contribution >= 4 is 144 Å². The first-order valence-electron chi connectivity index (χ1n) is 32.1. The molecule has 15 amide bonds. The van der Waals surface area contributed by atoms with Crippen molar-refractivity contribution in [2.24, 2.45) is 23.3 Å². The zero-order valence-electron chi connectivity index (χ0n) is 55.6. The lowest BCUT2D eigenvalue weighted by Crippen LogP contribution is -2.62. The van der Waals surface area contributed by atoms with Crippen LogP contribution in [0, 0.1) is 11.8 Å². The highest BCUT2D eigenvalue weighted by Gasteiger charge is 2.44. The Hall–Kier alpha value is -7.15. The maximum Gasteiger partial charge on any atom is 0.248 e. The Kier molecular flexibility index (Phi) is 34.1. The van der Waals surface area contributed by atoms with Gasteiger partial charge in [0.15, 0.2) is 0 Å². The zero-order chi connectivity index (χ0) is 73.2. The van der Waals surface area contributed by atoms with Crippen LogP contribution >= 0.6 is 54.9 Å². The molecule has 41 heteroatoms. The fourth-order valence-corrected chi connectivity index (χ4v) is 15.8. The van der Waals surface area contributed by atoms with Crippen molar-refractivity contribution in [2.45, 2.75) is 164 Å². The van der Waals surface area contributed by atoms with Crippen LogP contribution in [0.5, 0.6) is 0 Å². The summed E-state index contributed by atoms with van der Waals surface area (Å²) < 4.78 is 0. The number of aliphatic hydroxyl groups excluding tert-OH is 3. The van der Waals surface area contributed by atoms with Gasteiger partial charge in [0.25, 0.3) is 0 Å². The molecule has 2 unspecified atom stereocenters. The number of fused-ring (bicyclic) bond motifs is 10. The third kappa shape index (κ3) is 24.3. The SMILES string of the molecule is CC[C@H](C)[C@@H]1NC(=O)[C@@H]2CCCN2C(=O)C(CO)NC(=O)C(CCSC)NC(=O)[C@H](C)NC(=O)[C@H](CO)NC(=O)[C@@H]2CSSC[C@H](NC(=O)CN)C(=O)N[C@@H](CSSC[C@@H](C(N)=O)NC1=O)C(=O)N[C@@H](CO)C(=O)N[C@@H](Cc1cnc[nH]1)C(=O)N1CCC[C@H]1C(=O)N[C@@H](C(C)C)C(=O)N2. The molecule has 0 saturated carbocycles. The molecule has 15 atom stereocenters. The van der Waals surface area contributed by atoms with E-state index in [0.29, 0.717) is 12.1 Å². The molecule has 0 spiro atoms. The van der Waals surface area contributed by atoms with Gasteiger partial charge in [0.1, 0.15) is 84.6 Å². The smallest absolute Gasteiger partial charge is 0.248 e. The number of nitrogens with one attached hydrogen (secondary N) is 13. The number of hydrogen-bond acceptors (Lipinski definition) is 25. The summed E-state index contributed by atoms with van der Waals surface area (Å²) in [4.78, 5) is 221. The van der Waals surface area contributed by atoms with Crippen LogP contribution in [0.3, 0.4) is 0 Å². The van der Waals surface area contributed by atoms with Crippen molar-refractivity contribution in [3.05, 3.63) is 18.2 Å². The van der Waals surface area contributed by atoms with Gasteiger partial charge < -0.3 is 105 Å². The first-order valence-corrected chi connectivity index (χ1v) is 38.5. The van der Waals surface area contributed by atoms with Crippen LogP contribution in [0.2, 0.25) is 0 Å². The van der Waals surface area contributed by atoms with Crippen molar-refractivity contribution in [1.29, 1.82) is 0 Å². The Balaban J connectivity index is 1.62. The second kappa shape index (κ2) is 40.9. The van der Waals surface area contributed by atoms with E-state index in [4.69, 9.17) is 11.5 Å². The Morgan fingerprint density at radius 1 is 0.596 bits per heavy atom. The average Bonchev–Trinajstić information content (AvgIpc) is 1.78. The van der Waals surface area contributed by atoms with Crippen LogP contribution in [0.25, 0.3) is 0 Å². The largest absolute Gasteiger partial charge is 0.394 e. The Bertz CT molecular complexity index is 3040. The first kappa shape index (κ1) is 82.5. The number of nitrogens with two attached hydrogens (primary N) is 2. The predicted octanol–water partition coefficient (Wildman–Crippen LogP) is -7.56. The molecule has 5 heterocycles. The number of amides is 15. The standard InChI is InChI=1S/C58H92N18O18S5/c1-7-28(4)44-56(92)70-36(45(60)81)22-96-98-24-38-51(87)68-34(20-78)49(85)66-32(16-30-18-61-26-62-30)57(93)75-13-8-10-40(75)53(89)73-43(27(2)3)55(91)72-39(25-99-97-23-37(50(86)71-38)64-42(80)17-59)52(88)67-33(19-77)48(84)63-29(5)46(82)65-31(12-15-95-6)47(83)69-35(21-79)58(94)76-14-9-11-41(76)54(90)74-44/h18,26-29,31-41,43-44,77-79H,7-17,19-25,59H2,1-6H3,(H2,60,81)(H,61,62)(H,63,84)(H,64,80)(H,65,82)(H,66,85)(H,67,88)(H,68,87)(H,69,83)(H,70,92)(H,71,86)(H,72,91)(H,73,89)(H,74,90)/t28-,29-,31?,32-,33-,34-,35?,36-,37-,38-,39-,40-,41-,43-,44-/m0/s1. The van der Waals surface area contributed by atoms with E-state index in [9.17, 15) is 87.2 Å². The maximum atomic E-state index is 14.7. The molecule has 0 aliphatic carbocycles. The minimum absolute atomic E-state index is 0.0114. The van der Waals surface area contributed by atoms with Crippen molar-refractivity contribution < 1.29 is 87.2 Å². The lowest BCUT2D eigenvalue weighted by Gasteiger charge is -2.31. The number of aromatic amines is 1. The Labute approximate surface area is 591 Å². The summed E-state index contributed by atoms with van der Waals surface area (Å²) >= 11 is 1.30. The van der Waals surface area contributed by atoms with E-state index >= 15 is 0 Å². The van der Waals surface area contributed by atoms with E-state index in [1.54, 1.807) is 34.0 Å². The van der Waals surface area contributed by atoms with Gasteiger partial charge in [0.05, 0.1) is 32.7 Å². The normalized spacial score (nSPS) is 29.4. The molecular formula is C58H92N18O18S5. The van der Waals surface area contributed by atoms with E-state index in [0.717, 1.165) is 48.1 Å². The van der Waals surface area contributed by atoms with Crippen LogP contribution in [-0.4, -0.2) is 283 Å². The van der Waals surface area contributed by atoms with Crippen LogP contribution in [0.1, 0.15) is 78.8 Å². The molecule has 4 fully saturated rings. The number of carbonyl (C=O) groups is 15. The lowest BCUT2D eigenvalue weighted by molar-refractivity contribution is -0.143. The van der Waals surface area contributed by atoms with Gasteiger partial charge in [-0.25, -0.2) is 4.98 Å². The van der Waals surface area contributed by atoms with Gasteiger partial charge in [-0.3, -0.25) is 71.9 Å². The number of H-pyrrole nitrogens is 1. The molecule has 5 rings (SSSR count). The van der Waals surface area contributed by atoms with E-state index < -0.39 is 223 Å². The second-order valence-corrected chi connectivity index (χ2v) is 30.3. The van der Waals surface area contributed by atoms with Gasteiger partial charge in [0.2, 0.25) is 88.6 Å². The molecule has 0 aromatic carbocycles. The third-order valence-electron chi connectivity index (χ3n) is 16.6. The predicted molar refractivity (Wildman–Crippen MR) is 367 cm³/mol. The number of hydrogen-bond donors (Lipinski definition) is 18. The molecule has 0 radical (unpaired) electrons. The van der Waals surface area contributed by atoms with Crippen molar-refractivity contribution in [1.82, 2.24) is 83.6 Å².